The molecular weight excluding hydrogens is 300 g/mol. The Morgan fingerprint density at radius 2 is 2.00 bits per heavy atom. The number of nitrogens with zero attached hydrogens (tertiary/aromatic N) is 1. The predicted molar refractivity (Wildman–Crippen MR) is 87.8 cm³/mol. The zero-order valence-electron chi connectivity index (χ0n) is 11.9. The fraction of sp³-hybridized carbons (Fsp3) is 0.176. The maximum absolute atomic E-state index is 11.7. The summed E-state index contributed by atoms with van der Waals surface area (Å²) in [4.78, 5) is 11.7. The van der Waals surface area contributed by atoms with Crippen molar-refractivity contribution in [2.75, 3.05) is 0 Å². The van der Waals surface area contributed by atoms with Crippen molar-refractivity contribution in [2.24, 2.45) is 5.10 Å². The Balaban J connectivity index is 1.76. The van der Waals surface area contributed by atoms with Crippen LogP contribution in [0.1, 0.15) is 30.1 Å². The summed E-state index contributed by atoms with van der Waals surface area (Å²) in [5.74, 6) is -0.242. The second kappa shape index (κ2) is 8.32. The van der Waals surface area contributed by atoms with Crippen LogP contribution in [0.2, 0.25) is 5.02 Å². The van der Waals surface area contributed by atoms with Gasteiger partial charge in [0.15, 0.2) is 0 Å². The van der Waals surface area contributed by atoms with Gasteiger partial charge in [-0.1, -0.05) is 54.1 Å². The van der Waals surface area contributed by atoms with Crippen molar-refractivity contribution in [1.29, 1.82) is 0 Å². The molecule has 4 nitrogen and oxygen atoms in total. The van der Waals surface area contributed by atoms with Crippen molar-refractivity contribution in [1.82, 2.24) is 5.43 Å². The van der Waals surface area contributed by atoms with Gasteiger partial charge in [0.25, 0.3) is 0 Å². The van der Waals surface area contributed by atoms with E-state index in [1.165, 1.54) is 6.21 Å². The summed E-state index contributed by atoms with van der Waals surface area (Å²) in [6, 6.07) is 16.4. The van der Waals surface area contributed by atoms with Crippen molar-refractivity contribution in [3.05, 3.63) is 70.7 Å². The van der Waals surface area contributed by atoms with Crippen LogP contribution in [0.15, 0.2) is 59.7 Å². The standard InChI is InChI=1S/C17H17ClN2O2/c18-15-8-4-5-13(11-15)12-19-20-17(22)10-9-16(21)14-6-2-1-3-7-14/h1-8,11-12,16,21H,9-10H2,(H,20,22)/b19-12-/t16-/m1/s1. The second-order valence-electron chi connectivity index (χ2n) is 4.81. The van der Waals surface area contributed by atoms with Gasteiger partial charge in [-0.15, -0.1) is 0 Å². The molecule has 0 saturated carbocycles. The Kier molecular flexibility index (Phi) is 6.13. The number of nitrogens with one attached hydrogen (secondary N) is 1. The normalized spacial score (nSPS) is 12.3. The van der Waals surface area contributed by atoms with E-state index < -0.39 is 6.10 Å². The molecule has 0 unspecified atom stereocenters. The molecule has 0 fully saturated rings. The highest BCUT2D eigenvalue weighted by Gasteiger charge is 2.09. The highest BCUT2D eigenvalue weighted by Crippen LogP contribution is 2.17. The Labute approximate surface area is 134 Å². The topological polar surface area (TPSA) is 61.7 Å². The van der Waals surface area contributed by atoms with E-state index in [0.29, 0.717) is 11.4 Å². The minimum atomic E-state index is -0.649. The summed E-state index contributed by atoms with van der Waals surface area (Å²) >= 11 is 5.85. The number of hydrogen-bond acceptors (Lipinski definition) is 3. The molecule has 1 amide bonds. The SMILES string of the molecule is O=C(CC[C@@H](O)c1ccccc1)N/N=C\c1cccc(Cl)c1. The summed E-state index contributed by atoms with van der Waals surface area (Å²) in [5, 5.41) is 14.5. The molecule has 2 aromatic rings. The molecule has 0 saturated heterocycles. The molecule has 0 heterocycles. The molecular formula is C17H17ClN2O2. The lowest BCUT2D eigenvalue weighted by atomic mass is 10.1. The molecule has 0 spiro atoms. The number of halogens is 1. The Morgan fingerprint density at radius 1 is 1.23 bits per heavy atom. The minimum Gasteiger partial charge on any atom is -0.388 e. The molecule has 0 radical (unpaired) electrons. The predicted octanol–water partition coefficient (Wildman–Crippen LogP) is 3.30. The van der Waals surface area contributed by atoms with Gasteiger partial charge in [-0.2, -0.15) is 5.10 Å². The Hall–Kier alpha value is -2.17. The van der Waals surface area contributed by atoms with Gasteiger partial charge >= 0.3 is 0 Å². The number of hydrazone groups is 1. The molecule has 0 aliphatic carbocycles. The number of aliphatic hydroxyl groups is 1. The van der Waals surface area contributed by atoms with E-state index >= 15 is 0 Å². The monoisotopic (exact) mass is 316 g/mol. The van der Waals surface area contributed by atoms with Crippen LogP contribution in [-0.4, -0.2) is 17.2 Å². The lowest BCUT2D eigenvalue weighted by Gasteiger charge is -2.09. The highest BCUT2D eigenvalue weighted by atomic mass is 35.5. The van der Waals surface area contributed by atoms with Gasteiger partial charge in [-0.25, -0.2) is 5.43 Å². The van der Waals surface area contributed by atoms with E-state index in [9.17, 15) is 9.90 Å². The minimum absolute atomic E-state index is 0.197. The third-order valence-corrected chi connectivity index (χ3v) is 3.32. The van der Waals surface area contributed by atoms with Crippen LogP contribution in [-0.2, 0) is 4.79 Å². The van der Waals surface area contributed by atoms with E-state index in [-0.39, 0.29) is 12.3 Å². The van der Waals surface area contributed by atoms with Gasteiger partial charge in [0.2, 0.25) is 5.91 Å². The number of rotatable bonds is 6. The molecule has 0 aliphatic rings. The van der Waals surface area contributed by atoms with E-state index in [2.05, 4.69) is 10.5 Å². The van der Waals surface area contributed by atoms with E-state index in [4.69, 9.17) is 11.6 Å². The quantitative estimate of drug-likeness (QED) is 0.634. The Morgan fingerprint density at radius 3 is 2.73 bits per heavy atom. The third kappa shape index (κ3) is 5.31. The molecule has 0 aliphatic heterocycles. The van der Waals surface area contributed by atoms with Crippen molar-refractivity contribution in [3.8, 4) is 0 Å². The molecule has 114 valence electrons. The largest absolute Gasteiger partial charge is 0.388 e. The lowest BCUT2D eigenvalue weighted by Crippen LogP contribution is -2.18. The number of carbonyl (C=O) groups excluding carboxylic acids is 1. The molecule has 2 aromatic carbocycles. The van der Waals surface area contributed by atoms with Crippen molar-refractivity contribution >= 4 is 23.7 Å². The maximum Gasteiger partial charge on any atom is 0.240 e. The van der Waals surface area contributed by atoms with E-state index in [1.807, 2.05) is 42.5 Å². The maximum atomic E-state index is 11.7. The molecule has 2 rings (SSSR count). The average Bonchev–Trinajstić information content (AvgIpc) is 2.53. The number of benzene rings is 2. The first kappa shape index (κ1) is 16.2. The zero-order chi connectivity index (χ0) is 15.8. The third-order valence-electron chi connectivity index (χ3n) is 3.08. The molecule has 0 aromatic heterocycles. The first-order valence-electron chi connectivity index (χ1n) is 6.95. The van der Waals surface area contributed by atoms with E-state index in [0.717, 1.165) is 11.1 Å². The van der Waals surface area contributed by atoms with Crippen molar-refractivity contribution < 1.29 is 9.90 Å². The number of aliphatic hydroxyl groups excluding tert-OH is 1. The van der Waals surface area contributed by atoms with Crippen LogP contribution < -0.4 is 5.43 Å². The highest BCUT2D eigenvalue weighted by molar-refractivity contribution is 6.30. The number of amides is 1. The lowest BCUT2D eigenvalue weighted by molar-refractivity contribution is -0.121. The van der Waals surface area contributed by atoms with Gasteiger partial charge < -0.3 is 5.11 Å². The van der Waals surface area contributed by atoms with Crippen LogP contribution in [0.25, 0.3) is 0 Å². The fourth-order valence-corrected chi connectivity index (χ4v) is 2.13. The zero-order valence-corrected chi connectivity index (χ0v) is 12.7. The van der Waals surface area contributed by atoms with Crippen LogP contribution in [0, 0.1) is 0 Å². The molecule has 2 N–H and O–H groups in total. The number of carbonyl (C=O) groups is 1. The van der Waals surface area contributed by atoms with Gasteiger partial charge in [0, 0.05) is 11.4 Å². The fourth-order valence-electron chi connectivity index (χ4n) is 1.93. The van der Waals surface area contributed by atoms with Gasteiger partial charge in [-0.05, 0) is 29.7 Å². The first-order valence-corrected chi connectivity index (χ1v) is 7.33. The van der Waals surface area contributed by atoms with E-state index in [1.54, 1.807) is 12.1 Å². The smallest absolute Gasteiger partial charge is 0.240 e. The first-order chi connectivity index (χ1) is 10.6. The summed E-state index contributed by atoms with van der Waals surface area (Å²) in [6.07, 6.45) is 1.42. The van der Waals surface area contributed by atoms with Crippen molar-refractivity contribution in [2.45, 2.75) is 18.9 Å². The molecule has 5 heteroatoms. The molecule has 0 bridgehead atoms. The summed E-state index contributed by atoms with van der Waals surface area (Å²) < 4.78 is 0. The molecule has 1 atom stereocenters. The van der Waals surface area contributed by atoms with Gasteiger partial charge in [-0.3, -0.25) is 4.79 Å². The van der Waals surface area contributed by atoms with Crippen LogP contribution >= 0.6 is 11.6 Å². The Bertz CT molecular complexity index is 644. The van der Waals surface area contributed by atoms with Gasteiger partial charge in [0.05, 0.1) is 12.3 Å². The van der Waals surface area contributed by atoms with Crippen molar-refractivity contribution in [3.63, 3.8) is 0 Å². The summed E-state index contributed by atoms with van der Waals surface area (Å²) in [6.45, 7) is 0. The van der Waals surface area contributed by atoms with Crippen LogP contribution in [0.3, 0.4) is 0 Å². The summed E-state index contributed by atoms with van der Waals surface area (Å²) in [7, 11) is 0. The summed E-state index contributed by atoms with van der Waals surface area (Å²) in [5.41, 5.74) is 4.04. The average molecular weight is 317 g/mol. The van der Waals surface area contributed by atoms with Crippen LogP contribution in [0.5, 0.6) is 0 Å². The van der Waals surface area contributed by atoms with Crippen LogP contribution in [0.4, 0.5) is 0 Å². The number of hydrogen-bond donors (Lipinski definition) is 2. The van der Waals surface area contributed by atoms with Gasteiger partial charge in [0.1, 0.15) is 0 Å². The second-order valence-corrected chi connectivity index (χ2v) is 5.25. The molecule has 22 heavy (non-hydrogen) atoms.